The van der Waals surface area contributed by atoms with Crippen LogP contribution in [0.15, 0.2) is 35.1 Å². The predicted octanol–water partition coefficient (Wildman–Crippen LogP) is 3.93. The molecule has 4 nitrogen and oxygen atoms in total. The van der Waals surface area contributed by atoms with Crippen LogP contribution in [0.25, 0.3) is 5.57 Å². The Morgan fingerprint density at radius 1 is 1.22 bits per heavy atom. The van der Waals surface area contributed by atoms with Crippen molar-refractivity contribution in [3.05, 3.63) is 68.4 Å². The number of aryl methyl sites for hydroxylation is 2. The number of thioether (sulfide) groups is 1. The quantitative estimate of drug-likeness (QED) is 0.824. The van der Waals surface area contributed by atoms with Crippen LogP contribution >= 0.6 is 23.4 Å². The first kappa shape index (κ1) is 18.8. The summed E-state index contributed by atoms with van der Waals surface area (Å²) in [5.41, 5.74) is 4.64. The molecule has 142 valence electrons. The summed E-state index contributed by atoms with van der Waals surface area (Å²) in [6.07, 6.45) is 6.15. The zero-order chi connectivity index (χ0) is 18.6. The fourth-order valence-electron chi connectivity index (χ4n) is 3.72. The third kappa shape index (κ3) is 4.65. The minimum absolute atomic E-state index is 0.0655. The average Bonchev–Trinajstić information content (AvgIpc) is 2.69. The van der Waals surface area contributed by atoms with Crippen molar-refractivity contribution >= 4 is 28.9 Å². The largest absolute Gasteiger partial charge is 0.310 e. The van der Waals surface area contributed by atoms with Crippen molar-refractivity contribution in [2.75, 3.05) is 25.4 Å². The predicted molar refractivity (Wildman–Crippen MR) is 114 cm³/mol. The molecule has 6 heteroatoms. The number of nitrogens with one attached hydrogen (secondary N) is 1. The second-order valence-electron chi connectivity index (χ2n) is 7.13. The third-order valence-electron chi connectivity index (χ3n) is 5.28. The van der Waals surface area contributed by atoms with E-state index in [1.807, 2.05) is 23.9 Å². The van der Waals surface area contributed by atoms with Gasteiger partial charge < -0.3 is 4.98 Å². The zero-order valence-corrected chi connectivity index (χ0v) is 16.9. The van der Waals surface area contributed by atoms with Gasteiger partial charge in [0.05, 0.1) is 5.69 Å². The van der Waals surface area contributed by atoms with Crippen molar-refractivity contribution in [3.63, 3.8) is 0 Å². The highest BCUT2D eigenvalue weighted by molar-refractivity contribution is 7.98. The van der Waals surface area contributed by atoms with Crippen LogP contribution in [0.3, 0.4) is 0 Å². The van der Waals surface area contributed by atoms with E-state index in [9.17, 15) is 4.79 Å². The van der Waals surface area contributed by atoms with Crippen LogP contribution < -0.4 is 5.56 Å². The Morgan fingerprint density at radius 2 is 2.07 bits per heavy atom. The lowest BCUT2D eigenvalue weighted by Crippen LogP contribution is -2.30. The molecule has 4 rings (SSSR count). The van der Waals surface area contributed by atoms with E-state index in [0.29, 0.717) is 0 Å². The van der Waals surface area contributed by atoms with E-state index < -0.39 is 0 Å². The number of hydrogen-bond acceptors (Lipinski definition) is 4. The molecule has 0 amide bonds. The first-order valence-electron chi connectivity index (χ1n) is 9.55. The van der Waals surface area contributed by atoms with Crippen molar-refractivity contribution in [1.29, 1.82) is 0 Å². The van der Waals surface area contributed by atoms with Crippen molar-refractivity contribution in [2.24, 2.45) is 0 Å². The second kappa shape index (κ2) is 8.63. The number of hydrogen-bond donors (Lipinski definition) is 1. The van der Waals surface area contributed by atoms with Gasteiger partial charge in [-0.1, -0.05) is 29.8 Å². The van der Waals surface area contributed by atoms with Gasteiger partial charge in [0.1, 0.15) is 5.82 Å². The normalized spacial score (nSPS) is 17.4. The number of H-pyrrole nitrogens is 1. The van der Waals surface area contributed by atoms with Crippen LogP contribution in [0.2, 0.25) is 5.02 Å². The summed E-state index contributed by atoms with van der Waals surface area (Å²) in [7, 11) is 0. The molecule has 0 atom stereocenters. The van der Waals surface area contributed by atoms with Gasteiger partial charge in [0.2, 0.25) is 0 Å². The maximum Gasteiger partial charge on any atom is 0.255 e. The summed E-state index contributed by atoms with van der Waals surface area (Å²) in [6, 6.07) is 8.10. The van der Waals surface area contributed by atoms with Crippen LogP contribution in [0.5, 0.6) is 0 Å². The Labute approximate surface area is 169 Å². The molecule has 3 heterocycles. The van der Waals surface area contributed by atoms with Crippen molar-refractivity contribution in [1.82, 2.24) is 14.9 Å². The third-order valence-corrected chi connectivity index (χ3v) is 6.51. The van der Waals surface area contributed by atoms with Crippen molar-refractivity contribution in [3.8, 4) is 0 Å². The first-order chi connectivity index (χ1) is 13.2. The lowest BCUT2D eigenvalue weighted by Gasteiger charge is -2.26. The molecule has 1 aromatic heterocycles. The highest BCUT2D eigenvalue weighted by Gasteiger charge is 2.16. The highest BCUT2D eigenvalue weighted by atomic mass is 35.5. The highest BCUT2D eigenvalue weighted by Crippen LogP contribution is 2.24. The molecule has 0 aliphatic carbocycles. The molecule has 0 radical (unpaired) electrons. The monoisotopic (exact) mass is 401 g/mol. The van der Waals surface area contributed by atoms with Gasteiger partial charge in [-0.3, -0.25) is 9.69 Å². The molecule has 0 bridgehead atoms. The lowest BCUT2D eigenvalue weighted by atomic mass is 9.99. The minimum Gasteiger partial charge on any atom is -0.310 e. The van der Waals surface area contributed by atoms with Gasteiger partial charge in [0.25, 0.3) is 5.56 Å². The summed E-state index contributed by atoms with van der Waals surface area (Å²) < 4.78 is 0. The second-order valence-corrected chi connectivity index (χ2v) is 8.67. The van der Waals surface area contributed by atoms with Crippen molar-refractivity contribution in [2.45, 2.75) is 31.4 Å². The Bertz CT molecular complexity index is 891. The molecule has 2 aliphatic heterocycles. The Kier molecular flexibility index (Phi) is 6.01. The summed E-state index contributed by atoms with van der Waals surface area (Å²) in [5.74, 6) is 2.72. The molecule has 27 heavy (non-hydrogen) atoms. The zero-order valence-electron chi connectivity index (χ0n) is 15.3. The van der Waals surface area contributed by atoms with Crippen LogP contribution in [-0.2, 0) is 18.6 Å². The van der Waals surface area contributed by atoms with Gasteiger partial charge in [0.15, 0.2) is 0 Å². The lowest BCUT2D eigenvalue weighted by molar-refractivity contribution is 0.297. The molecule has 0 unspecified atom stereocenters. The molecule has 0 fully saturated rings. The van der Waals surface area contributed by atoms with Gasteiger partial charge in [0, 0.05) is 35.8 Å². The molecular weight excluding hydrogens is 378 g/mol. The smallest absolute Gasteiger partial charge is 0.255 e. The molecule has 2 aromatic rings. The molecule has 0 saturated heterocycles. The first-order valence-corrected chi connectivity index (χ1v) is 11.1. The van der Waals surface area contributed by atoms with E-state index in [1.165, 1.54) is 11.1 Å². The molecule has 0 saturated carbocycles. The van der Waals surface area contributed by atoms with Gasteiger partial charge in [-0.25, -0.2) is 4.98 Å². The van der Waals surface area contributed by atoms with E-state index in [4.69, 9.17) is 16.6 Å². The van der Waals surface area contributed by atoms with Crippen LogP contribution in [0.1, 0.15) is 35.5 Å². The molecule has 0 spiro atoms. The van der Waals surface area contributed by atoms with Crippen LogP contribution in [0.4, 0.5) is 0 Å². The molecule has 1 N–H and O–H groups in total. The van der Waals surface area contributed by atoms with E-state index >= 15 is 0 Å². The Hall–Kier alpha value is -1.56. The van der Waals surface area contributed by atoms with Crippen molar-refractivity contribution < 1.29 is 0 Å². The summed E-state index contributed by atoms with van der Waals surface area (Å²) >= 11 is 7.79. The number of rotatable bonds is 5. The number of halogens is 1. The average molecular weight is 402 g/mol. The summed E-state index contributed by atoms with van der Waals surface area (Å²) in [6.45, 7) is 3.07. The Balaban J connectivity index is 1.30. The maximum atomic E-state index is 12.2. The number of aromatic amines is 1. The van der Waals surface area contributed by atoms with Gasteiger partial charge in [-0.15, -0.1) is 0 Å². The van der Waals surface area contributed by atoms with E-state index in [-0.39, 0.29) is 5.56 Å². The van der Waals surface area contributed by atoms with E-state index in [1.54, 1.807) is 0 Å². The van der Waals surface area contributed by atoms with E-state index in [0.717, 1.165) is 78.9 Å². The van der Waals surface area contributed by atoms with Gasteiger partial charge >= 0.3 is 0 Å². The molecule has 1 aromatic carbocycles. The SMILES string of the molecule is O=c1[nH]c(CCCN2CC=C(c3ccc(Cl)cc3)CC2)nc2c1CSCC2. The fraction of sp³-hybridized carbons (Fsp3) is 0.429. The Morgan fingerprint density at radius 3 is 2.85 bits per heavy atom. The number of fused-ring (bicyclic) bond motifs is 1. The minimum atomic E-state index is 0.0655. The topological polar surface area (TPSA) is 49.0 Å². The number of benzene rings is 1. The van der Waals surface area contributed by atoms with E-state index in [2.05, 4.69) is 28.1 Å². The number of nitrogens with zero attached hydrogens (tertiary/aromatic N) is 2. The molecular formula is C21H24ClN3OS. The van der Waals surface area contributed by atoms with Crippen LogP contribution in [-0.4, -0.2) is 40.3 Å². The standard InChI is InChI=1S/C21H24ClN3OS/c22-17-5-3-15(4-6-17)16-7-11-25(12-8-16)10-1-2-20-23-19-9-13-27-14-18(19)21(26)24-20/h3-7H,1-2,8-14H2,(H,23,24,26). The number of aromatic nitrogens is 2. The van der Waals surface area contributed by atoms with Gasteiger partial charge in [-0.2, -0.15) is 11.8 Å². The summed E-state index contributed by atoms with van der Waals surface area (Å²) in [4.78, 5) is 22.4. The molecule has 2 aliphatic rings. The van der Waals surface area contributed by atoms with Crippen LogP contribution in [0, 0.1) is 0 Å². The fourth-order valence-corrected chi connectivity index (χ4v) is 4.83. The van der Waals surface area contributed by atoms with Gasteiger partial charge in [-0.05, 0) is 54.8 Å². The maximum absolute atomic E-state index is 12.2. The summed E-state index contributed by atoms with van der Waals surface area (Å²) in [5, 5.41) is 0.782.